The van der Waals surface area contributed by atoms with E-state index < -0.39 is 0 Å². The van der Waals surface area contributed by atoms with E-state index in [1.807, 2.05) is 23.9 Å². The van der Waals surface area contributed by atoms with E-state index in [1.54, 1.807) is 0 Å². The van der Waals surface area contributed by atoms with Gasteiger partial charge in [0.1, 0.15) is 0 Å². The average Bonchev–Trinajstić information content (AvgIpc) is 2.32. The monoisotopic (exact) mass is 263 g/mol. The summed E-state index contributed by atoms with van der Waals surface area (Å²) in [5, 5.41) is 0. The zero-order chi connectivity index (χ0) is 13.2. The molecule has 0 atom stereocenters. The minimum absolute atomic E-state index is 0.861. The number of allylic oxidation sites excluding steroid dienone is 1. The summed E-state index contributed by atoms with van der Waals surface area (Å²) in [5.74, 6) is 1.20. The van der Waals surface area contributed by atoms with Gasteiger partial charge < -0.3 is 5.73 Å². The Balaban J connectivity index is 1.97. The minimum Gasteiger partial charge on any atom is -0.399 e. The van der Waals surface area contributed by atoms with E-state index in [-0.39, 0.29) is 0 Å². The summed E-state index contributed by atoms with van der Waals surface area (Å²) in [5.41, 5.74) is 7.92. The van der Waals surface area contributed by atoms with Gasteiger partial charge in [0.05, 0.1) is 0 Å². The van der Waals surface area contributed by atoms with Gasteiger partial charge in [-0.1, -0.05) is 30.9 Å². The molecule has 0 saturated carbocycles. The van der Waals surface area contributed by atoms with Crippen LogP contribution >= 0.6 is 11.8 Å². The maximum Gasteiger partial charge on any atom is 0.0325 e. The Morgan fingerprint density at radius 3 is 2.61 bits per heavy atom. The number of unbranched alkanes of at least 4 members (excludes halogenated alkanes) is 4. The standard InChI is InChI=1S/C16H25NS/c1-14(2)9-6-4-3-5-7-12-18-16-11-8-10-15(17)13-16/h8,10-11,13H,1,3-7,9,12,17H2,2H3. The van der Waals surface area contributed by atoms with E-state index in [4.69, 9.17) is 5.73 Å². The van der Waals surface area contributed by atoms with Crippen molar-refractivity contribution in [2.75, 3.05) is 11.5 Å². The van der Waals surface area contributed by atoms with Crippen LogP contribution < -0.4 is 5.73 Å². The van der Waals surface area contributed by atoms with Gasteiger partial charge in [0.2, 0.25) is 0 Å². The SMILES string of the molecule is C=C(C)CCCCCCCSc1cccc(N)c1. The molecule has 0 heterocycles. The number of hydrogen-bond donors (Lipinski definition) is 1. The van der Waals surface area contributed by atoms with Crippen LogP contribution in [0.1, 0.15) is 45.4 Å². The number of nitrogen functional groups attached to an aromatic ring is 1. The molecule has 0 saturated heterocycles. The van der Waals surface area contributed by atoms with E-state index in [0.717, 1.165) is 5.69 Å². The number of rotatable bonds is 9. The summed E-state index contributed by atoms with van der Waals surface area (Å²) in [4.78, 5) is 1.29. The molecule has 0 radical (unpaired) electrons. The van der Waals surface area contributed by atoms with E-state index in [2.05, 4.69) is 25.6 Å². The van der Waals surface area contributed by atoms with Crippen molar-refractivity contribution in [3.8, 4) is 0 Å². The molecule has 0 amide bonds. The molecule has 0 aromatic heterocycles. The predicted octanol–water partition coefficient (Wildman–Crippen LogP) is 5.28. The van der Waals surface area contributed by atoms with E-state index in [0.29, 0.717) is 0 Å². The Bertz CT molecular complexity index is 360. The third kappa shape index (κ3) is 7.44. The zero-order valence-electron chi connectivity index (χ0n) is 11.5. The zero-order valence-corrected chi connectivity index (χ0v) is 12.3. The molecule has 2 N–H and O–H groups in total. The first kappa shape index (κ1) is 15.2. The summed E-state index contributed by atoms with van der Waals surface area (Å²) in [6, 6.07) is 8.15. The molecule has 0 aliphatic rings. The number of anilines is 1. The molecule has 0 spiro atoms. The fourth-order valence-electron chi connectivity index (χ4n) is 1.85. The van der Waals surface area contributed by atoms with Gasteiger partial charge in [-0.15, -0.1) is 18.3 Å². The van der Waals surface area contributed by atoms with Gasteiger partial charge in [0.15, 0.2) is 0 Å². The average molecular weight is 263 g/mol. The molecule has 0 aliphatic heterocycles. The lowest BCUT2D eigenvalue weighted by Crippen LogP contribution is -1.86. The van der Waals surface area contributed by atoms with Crippen molar-refractivity contribution in [1.29, 1.82) is 0 Å². The van der Waals surface area contributed by atoms with Crippen LogP contribution in [0, 0.1) is 0 Å². The van der Waals surface area contributed by atoms with Crippen LogP contribution in [0.2, 0.25) is 0 Å². The topological polar surface area (TPSA) is 26.0 Å². The third-order valence-corrected chi connectivity index (χ3v) is 3.95. The van der Waals surface area contributed by atoms with Crippen LogP contribution in [0.3, 0.4) is 0 Å². The lowest BCUT2D eigenvalue weighted by molar-refractivity contribution is 0.633. The van der Waals surface area contributed by atoms with Gasteiger partial charge >= 0.3 is 0 Å². The fraction of sp³-hybridized carbons (Fsp3) is 0.500. The first-order valence-corrected chi connectivity index (χ1v) is 7.80. The molecular weight excluding hydrogens is 238 g/mol. The summed E-state index contributed by atoms with van der Waals surface area (Å²) in [6.07, 6.45) is 7.83. The normalized spacial score (nSPS) is 10.5. The quantitative estimate of drug-likeness (QED) is 0.284. The van der Waals surface area contributed by atoms with Crippen molar-refractivity contribution in [1.82, 2.24) is 0 Å². The molecule has 1 aromatic rings. The molecule has 0 bridgehead atoms. The molecule has 1 aromatic carbocycles. The van der Waals surface area contributed by atoms with Gasteiger partial charge in [-0.05, 0) is 50.1 Å². The Morgan fingerprint density at radius 2 is 1.89 bits per heavy atom. The third-order valence-electron chi connectivity index (χ3n) is 2.87. The van der Waals surface area contributed by atoms with E-state index in [9.17, 15) is 0 Å². The van der Waals surface area contributed by atoms with Crippen LogP contribution in [0.5, 0.6) is 0 Å². The van der Waals surface area contributed by atoms with Crippen LogP contribution in [0.4, 0.5) is 5.69 Å². The van der Waals surface area contributed by atoms with Crippen molar-refractivity contribution >= 4 is 17.4 Å². The number of hydrogen-bond acceptors (Lipinski definition) is 2. The van der Waals surface area contributed by atoms with Gasteiger partial charge in [0.25, 0.3) is 0 Å². The summed E-state index contributed by atoms with van der Waals surface area (Å²) in [6.45, 7) is 6.04. The Labute approximate surface area is 116 Å². The number of thioether (sulfide) groups is 1. The second kappa shape index (κ2) is 9.09. The Morgan fingerprint density at radius 1 is 1.17 bits per heavy atom. The summed E-state index contributed by atoms with van der Waals surface area (Å²) in [7, 11) is 0. The van der Waals surface area contributed by atoms with E-state index in [1.165, 1.54) is 54.7 Å². The largest absolute Gasteiger partial charge is 0.399 e. The van der Waals surface area contributed by atoms with Crippen LogP contribution in [-0.2, 0) is 0 Å². The highest BCUT2D eigenvalue weighted by Crippen LogP contribution is 2.21. The molecule has 1 rings (SSSR count). The molecule has 0 unspecified atom stereocenters. The molecule has 0 aliphatic carbocycles. The predicted molar refractivity (Wildman–Crippen MR) is 84.1 cm³/mol. The first-order chi connectivity index (χ1) is 8.68. The first-order valence-electron chi connectivity index (χ1n) is 6.81. The highest BCUT2D eigenvalue weighted by molar-refractivity contribution is 7.99. The minimum atomic E-state index is 0.861. The molecule has 100 valence electrons. The van der Waals surface area contributed by atoms with Crippen molar-refractivity contribution in [3.63, 3.8) is 0 Å². The van der Waals surface area contributed by atoms with Gasteiger partial charge in [-0.25, -0.2) is 0 Å². The van der Waals surface area contributed by atoms with Crippen molar-refractivity contribution in [2.45, 2.75) is 50.3 Å². The second-order valence-electron chi connectivity index (χ2n) is 4.90. The van der Waals surface area contributed by atoms with Crippen LogP contribution in [0.25, 0.3) is 0 Å². The molecule has 18 heavy (non-hydrogen) atoms. The second-order valence-corrected chi connectivity index (χ2v) is 6.06. The van der Waals surface area contributed by atoms with Crippen molar-refractivity contribution in [3.05, 3.63) is 36.4 Å². The Hall–Kier alpha value is -0.890. The maximum absolute atomic E-state index is 5.75. The number of nitrogens with two attached hydrogens (primary N) is 1. The van der Waals surface area contributed by atoms with Crippen LogP contribution in [0.15, 0.2) is 41.3 Å². The molecular formula is C16H25NS. The highest BCUT2D eigenvalue weighted by Gasteiger charge is 1.95. The highest BCUT2D eigenvalue weighted by atomic mass is 32.2. The van der Waals surface area contributed by atoms with Gasteiger partial charge in [0, 0.05) is 10.6 Å². The smallest absolute Gasteiger partial charge is 0.0325 e. The van der Waals surface area contributed by atoms with Crippen LogP contribution in [-0.4, -0.2) is 5.75 Å². The van der Waals surface area contributed by atoms with Gasteiger partial charge in [-0.3, -0.25) is 0 Å². The lowest BCUT2D eigenvalue weighted by Gasteiger charge is -2.03. The Kier molecular flexibility index (Phi) is 7.66. The lowest BCUT2D eigenvalue weighted by atomic mass is 10.1. The molecule has 0 fully saturated rings. The van der Waals surface area contributed by atoms with E-state index >= 15 is 0 Å². The molecule has 1 nitrogen and oxygen atoms in total. The van der Waals surface area contributed by atoms with Crippen molar-refractivity contribution < 1.29 is 0 Å². The molecule has 2 heteroatoms. The fourth-order valence-corrected chi connectivity index (χ4v) is 2.83. The number of benzene rings is 1. The summed E-state index contributed by atoms with van der Waals surface area (Å²) < 4.78 is 0. The maximum atomic E-state index is 5.75. The van der Waals surface area contributed by atoms with Crippen molar-refractivity contribution in [2.24, 2.45) is 0 Å². The van der Waals surface area contributed by atoms with Gasteiger partial charge in [-0.2, -0.15) is 0 Å². The summed E-state index contributed by atoms with van der Waals surface area (Å²) >= 11 is 1.91.